The van der Waals surface area contributed by atoms with E-state index in [9.17, 15) is 0 Å². The summed E-state index contributed by atoms with van der Waals surface area (Å²) < 4.78 is 7.91. The molecule has 0 radical (unpaired) electrons. The van der Waals surface area contributed by atoms with Crippen molar-refractivity contribution in [2.75, 3.05) is 5.32 Å². The Labute approximate surface area is 139 Å². The molecular weight excluding hydrogens is 304 g/mol. The van der Waals surface area contributed by atoms with Crippen LogP contribution in [0.1, 0.15) is 25.3 Å². The zero-order valence-electron chi connectivity index (χ0n) is 13.6. The van der Waals surface area contributed by atoms with Crippen LogP contribution in [0.5, 0.6) is 5.88 Å². The Kier molecular flexibility index (Phi) is 3.78. The van der Waals surface area contributed by atoms with E-state index in [1.54, 1.807) is 6.33 Å². The molecule has 2 aromatic heterocycles. The number of nitrogens with two attached hydrogens (primary N) is 1. The fraction of sp³-hybridized carbons (Fsp3) is 0.353. The van der Waals surface area contributed by atoms with E-state index in [1.807, 2.05) is 28.8 Å². The lowest BCUT2D eigenvalue weighted by Crippen LogP contribution is -2.05. The Morgan fingerprint density at radius 2 is 2.04 bits per heavy atom. The molecule has 0 saturated heterocycles. The number of hydrogen-bond acceptors (Lipinski definition) is 6. The van der Waals surface area contributed by atoms with E-state index in [0.29, 0.717) is 23.9 Å². The molecule has 24 heavy (non-hydrogen) atoms. The summed E-state index contributed by atoms with van der Waals surface area (Å²) in [6.45, 7) is 3.38. The molecule has 0 spiro atoms. The van der Waals surface area contributed by atoms with Crippen molar-refractivity contribution in [3.05, 3.63) is 36.2 Å². The van der Waals surface area contributed by atoms with Crippen molar-refractivity contribution in [1.82, 2.24) is 19.5 Å². The predicted molar refractivity (Wildman–Crippen MR) is 92.3 cm³/mol. The number of aromatic nitrogens is 4. The van der Waals surface area contributed by atoms with Crippen LogP contribution in [0.2, 0.25) is 0 Å². The summed E-state index contributed by atoms with van der Waals surface area (Å²) in [5.41, 5.74) is 9.12. The van der Waals surface area contributed by atoms with Crippen LogP contribution in [0.4, 0.5) is 11.6 Å². The normalized spacial score (nSPS) is 14.1. The van der Waals surface area contributed by atoms with Crippen LogP contribution >= 0.6 is 0 Å². The molecule has 3 aromatic rings. The first-order valence-corrected chi connectivity index (χ1v) is 8.22. The van der Waals surface area contributed by atoms with Gasteiger partial charge in [0.05, 0.1) is 6.33 Å². The molecule has 124 valence electrons. The molecule has 0 bridgehead atoms. The van der Waals surface area contributed by atoms with Crippen LogP contribution in [0.15, 0.2) is 30.6 Å². The van der Waals surface area contributed by atoms with Crippen molar-refractivity contribution < 1.29 is 4.74 Å². The van der Waals surface area contributed by atoms with E-state index in [0.717, 1.165) is 36.3 Å². The van der Waals surface area contributed by atoms with Gasteiger partial charge in [-0.3, -0.25) is 0 Å². The first kappa shape index (κ1) is 14.9. The van der Waals surface area contributed by atoms with Crippen molar-refractivity contribution >= 4 is 22.8 Å². The maximum Gasteiger partial charge on any atom is 0.247 e. The van der Waals surface area contributed by atoms with Crippen LogP contribution < -0.4 is 15.8 Å². The van der Waals surface area contributed by atoms with E-state index < -0.39 is 0 Å². The lowest BCUT2D eigenvalue weighted by Gasteiger charge is -2.10. The number of anilines is 2. The minimum absolute atomic E-state index is 0.256. The van der Waals surface area contributed by atoms with Gasteiger partial charge in [-0.2, -0.15) is 9.97 Å². The summed E-state index contributed by atoms with van der Waals surface area (Å²) >= 11 is 0. The van der Waals surface area contributed by atoms with Gasteiger partial charge in [0.15, 0.2) is 11.2 Å². The van der Waals surface area contributed by atoms with Crippen LogP contribution in [-0.4, -0.2) is 25.6 Å². The highest BCUT2D eigenvalue weighted by Crippen LogP contribution is 2.31. The maximum absolute atomic E-state index is 5.93. The summed E-state index contributed by atoms with van der Waals surface area (Å²) in [6.07, 6.45) is 4.18. The Hall–Kier alpha value is -2.67. The molecule has 1 fully saturated rings. The number of fused-ring (bicyclic) bond motifs is 1. The molecule has 7 heteroatoms. The zero-order valence-corrected chi connectivity index (χ0v) is 13.6. The first-order valence-electron chi connectivity index (χ1n) is 8.22. The number of nitrogens with zero attached hydrogens (tertiary/aromatic N) is 4. The van der Waals surface area contributed by atoms with Crippen LogP contribution in [-0.2, 0) is 13.1 Å². The third kappa shape index (κ3) is 2.90. The third-order valence-corrected chi connectivity index (χ3v) is 4.02. The van der Waals surface area contributed by atoms with Crippen molar-refractivity contribution in [1.29, 1.82) is 0 Å². The minimum atomic E-state index is 0.256. The van der Waals surface area contributed by atoms with Gasteiger partial charge in [0.25, 0.3) is 0 Å². The summed E-state index contributed by atoms with van der Waals surface area (Å²) in [5, 5.41) is 3.24. The molecule has 1 saturated carbocycles. The van der Waals surface area contributed by atoms with Gasteiger partial charge in [0.2, 0.25) is 11.8 Å². The quantitative estimate of drug-likeness (QED) is 0.724. The van der Waals surface area contributed by atoms with Gasteiger partial charge >= 0.3 is 0 Å². The van der Waals surface area contributed by atoms with Gasteiger partial charge in [-0.25, -0.2) is 4.98 Å². The summed E-state index contributed by atoms with van der Waals surface area (Å²) in [6, 6.07) is 7.90. The van der Waals surface area contributed by atoms with Crippen LogP contribution in [0.3, 0.4) is 0 Å². The zero-order chi connectivity index (χ0) is 16.5. The fourth-order valence-corrected chi connectivity index (χ4v) is 2.48. The largest absolute Gasteiger partial charge is 0.473 e. The van der Waals surface area contributed by atoms with Crippen molar-refractivity contribution in [3.63, 3.8) is 0 Å². The molecule has 1 aliphatic rings. The second kappa shape index (κ2) is 6.09. The van der Waals surface area contributed by atoms with Crippen LogP contribution in [0, 0.1) is 0 Å². The molecule has 2 heterocycles. The summed E-state index contributed by atoms with van der Waals surface area (Å²) in [7, 11) is 0. The molecular formula is C17H20N6O. The van der Waals surface area contributed by atoms with Gasteiger partial charge in [-0.05, 0) is 37.5 Å². The topological polar surface area (TPSA) is 90.9 Å². The molecule has 0 atom stereocenters. The average molecular weight is 324 g/mol. The van der Waals surface area contributed by atoms with E-state index >= 15 is 0 Å². The molecule has 0 amide bonds. The first-order chi connectivity index (χ1) is 11.8. The minimum Gasteiger partial charge on any atom is -0.473 e. The number of aryl methyl sites for hydroxylation is 1. The highest BCUT2D eigenvalue weighted by atomic mass is 16.5. The second-order valence-corrected chi connectivity index (χ2v) is 5.90. The fourth-order valence-electron chi connectivity index (χ4n) is 2.48. The molecule has 0 unspecified atom stereocenters. The van der Waals surface area contributed by atoms with Gasteiger partial charge in [-0.1, -0.05) is 12.1 Å². The van der Waals surface area contributed by atoms with E-state index in [4.69, 9.17) is 10.5 Å². The molecule has 1 aromatic carbocycles. The number of benzene rings is 1. The number of rotatable bonds is 6. The van der Waals surface area contributed by atoms with E-state index in [2.05, 4.69) is 27.2 Å². The van der Waals surface area contributed by atoms with Crippen molar-refractivity contribution in [3.8, 4) is 5.88 Å². The molecule has 7 nitrogen and oxygen atoms in total. The molecule has 0 aliphatic heterocycles. The second-order valence-electron chi connectivity index (χ2n) is 5.90. The highest BCUT2D eigenvalue weighted by molar-refractivity contribution is 5.78. The Bertz CT molecular complexity index is 853. The van der Waals surface area contributed by atoms with Crippen LogP contribution in [0.25, 0.3) is 11.2 Å². The number of ether oxygens (including phenoxy) is 1. The summed E-state index contributed by atoms with van der Waals surface area (Å²) in [4.78, 5) is 13.5. The SMILES string of the molecule is CCn1cnc2c(OC3CC3)nc(Nc3ccc(CN)cc3)nc21. The Morgan fingerprint density at radius 3 is 2.71 bits per heavy atom. The van der Waals surface area contributed by atoms with Crippen molar-refractivity contribution in [2.45, 2.75) is 39.0 Å². The Morgan fingerprint density at radius 1 is 1.25 bits per heavy atom. The highest BCUT2D eigenvalue weighted by Gasteiger charge is 2.26. The predicted octanol–water partition coefficient (Wildman–Crippen LogP) is 2.59. The van der Waals surface area contributed by atoms with Gasteiger partial charge < -0.3 is 20.4 Å². The number of nitrogens with one attached hydrogen (secondary N) is 1. The molecule has 1 aliphatic carbocycles. The Balaban J connectivity index is 1.70. The van der Waals surface area contributed by atoms with Crippen molar-refractivity contribution in [2.24, 2.45) is 5.73 Å². The maximum atomic E-state index is 5.93. The monoisotopic (exact) mass is 324 g/mol. The van der Waals surface area contributed by atoms with Gasteiger partial charge in [-0.15, -0.1) is 0 Å². The summed E-state index contributed by atoms with van der Waals surface area (Å²) in [5.74, 6) is 1.06. The van der Waals surface area contributed by atoms with E-state index in [-0.39, 0.29) is 6.10 Å². The van der Waals surface area contributed by atoms with Gasteiger partial charge in [0.1, 0.15) is 6.10 Å². The average Bonchev–Trinajstić information content (AvgIpc) is 3.32. The smallest absolute Gasteiger partial charge is 0.247 e. The molecule has 3 N–H and O–H groups in total. The van der Waals surface area contributed by atoms with E-state index in [1.165, 1.54) is 0 Å². The third-order valence-electron chi connectivity index (χ3n) is 4.02. The number of hydrogen-bond donors (Lipinski definition) is 2. The molecule has 4 rings (SSSR count). The lowest BCUT2D eigenvalue weighted by molar-refractivity contribution is 0.294. The standard InChI is InChI=1S/C17H20N6O/c1-2-23-10-19-14-15(23)21-17(22-16(14)24-13-7-8-13)20-12-5-3-11(9-18)4-6-12/h3-6,10,13H,2,7-9,18H2,1H3,(H,20,21,22). The lowest BCUT2D eigenvalue weighted by atomic mass is 10.2. The number of imidazole rings is 1. The van der Waals surface area contributed by atoms with Gasteiger partial charge in [0, 0.05) is 18.8 Å².